The third-order valence-corrected chi connectivity index (χ3v) is 2.94. The summed E-state index contributed by atoms with van der Waals surface area (Å²) >= 11 is 0. The van der Waals surface area contributed by atoms with Gasteiger partial charge in [0, 0.05) is 23.0 Å². The molecule has 0 spiro atoms. The summed E-state index contributed by atoms with van der Waals surface area (Å²) in [5.41, 5.74) is 2.05. The van der Waals surface area contributed by atoms with Gasteiger partial charge in [0.2, 0.25) is 0 Å². The van der Waals surface area contributed by atoms with Crippen molar-refractivity contribution in [3.63, 3.8) is 0 Å². The maximum atomic E-state index is 8.64. The van der Waals surface area contributed by atoms with Gasteiger partial charge in [-0.05, 0) is 12.1 Å². The van der Waals surface area contributed by atoms with Crippen LogP contribution in [0.1, 0.15) is 5.69 Å². The van der Waals surface area contributed by atoms with E-state index in [0.29, 0.717) is 11.4 Å². The molecule has 5 nitrogen and oxygen atoms in total. The standard InChI is InChI=1S/C14H11N3O2/c1-19-12-7-10(8-16-18)17-14-11(12)5-4-9-3-2-6-15-13(9)14/h2-8,18H,1H3/b16-8+. The molecule has 0 aliphatic heterocycles. The van der Waals surface area contributed by atoms with Crippen LogP contribution in [0.2, 0.25) is 0 Å². The molecule has 0 atom stereocenters. The molecule has 1 N–H and O–H groups in total. The van der Waals surface area contributed by atoms with Gasteiger partial charge < -0.3 is 9.94 Å². The van der Waals surface area contributed by atoms with Gasteiger partial charge in [0.25, 0.3) is 0 Å². The molecule has 1 aromatic carbocycles. The highest BCUT2D eigenvalue weighted by Gasteiger charge is 2.09. The van der Waals surface area contributed by atoms with Crippen LogP contribution >= 0.6 is 0 Å². The number of hydrogen-bond acceptors (Lipinski definition) is 5. The second-order valence-electron chi connectivity index (χ2n) is 4.03. The monoisotopic (exact) mass is 253 g/mol. The van der Waals surface area contributed by atoms with Crippen molar-refractivity contribution < 1.29 is 9.94 Å². The lowest BCUT2D eigenvalue weighted by molar-refractivity contribution is 0.321. The molecule has 0 fully saturated rings. The van der Waals surface area contributed by atoms with E-state index in [0.717, 1.165) is 21.8 Å². The zero-order chi connectivity index (χ0) is 13.2. The first-order valence-corrected chi connectivity index (χ1v) is 5.73. The molecule has 0 radical (unpaired) electrons. The Kier molecular flexibility index (Phi) is 2.72. The molecule has 2 aromatic heterocycles. The molecule has 0 aliphatic carbocycles. The van der Waals surface area contributed by atoms with Gasteiger partial charge in [0.05, 0.1) is 24.5 Å². The number of ether oxygens (including phenoxy) is 1. The van der Waals surface area contributed by atoms with Crippen LogP contribution in [0.4, 0.5) is 0 Å². The maximum Gasteiger partial charge on any atom is 0.130 e. The van der Waals surface area contributed by atoms with Crippen molar-refractivity contribution in [2.75, 3.05) is 7.11 Å². The van der Waals surface area contributed by atoms with E-state index >= 15 is 0 Å². The third-order valence-electron chi connectivity index (χ3n) is 2.94. The number of benzene rings is 1. The second kappa shape index (κ2) is 4.53. The minimum absolute atomic E-state index is 0.519. The Morgan fingerprint density at radius 2 is 2.16 bits per heavy atom. The van der Waals surface area contributed by atoms with Crippen molar-refractivity contribution in [2.45, 2.75) is 0 Å². The van der Waals surface area contributed by atoms with Crippen LogP contribution < -0.4 is 4.74 Å². The van der Waals surface area contributed by atoms with E-state index in [1.165, 1.54) is 6.21 Å². The van der Waals surface area contributed by atoms with Crippen LogP contribution in [0.3, 0.4) is 0 Å². The largest absolute Gasteiger partial charge is 0.496 e. The van der Waals surface area contributed by atoms with Crippen molar-refractivity contribution in [3.05, 3.63) is 42.2 Å². The Morgan fingerprint density at radius 1 is 1.26 bits per heavy atom. The van der Waals surface area contributed by atoms with Gasteiger partial charge in [-0.2, -0.15) is 0 Å². The molecule has 2 heterocycles. The maximum absolute atomic E-state index is 8.64. The first-order valence-electron chi connectivity index (χ1n) is 5.73. The number of fused-ring (bicyclic) bond motifs is 3. The average molecular weight is 253 g/mol. The van der Waals surface area contributed by atoms with Crippen LogP contribution in [-0.4, -0.2) is 28.5 Å². The first kappa shape index (κ1) is 11.4. The Balaban J connectivity index is 2.46. The number of oxime groups is 1. The normalized spacial score (nSPS) is 11.4. The SMILES string of the molecule is COc1cc(/C=N/O)nc2c1ccc1cccnc12. The summed E-state index contributed by atoms with van der Waals surface area (Å²) in [7, 11) is 1.59. The summed E-state index contributed by atoms with van der Waals surface area (Å²) in [4.78, 5) is 8.81. The summed E-state index contributed by atoms with van der Waals surface area (Å²) in [5.74, 6) is 0.674. The predicted molar refractivity (Wildman–Crippen MR) is 73.0 cm³/mol. The quantitative estimate of drug-likeness (QED) is 0.330. The molecule has 0 aliphatic rings. The van der Waals surface area contributed by atoms with Gasteiger partial charge in [-0.15, -0.1) is 0 Å². The lowest BCUT2D eigenvalue weighted by atomic mass is 10.1. The van der Waals surface area contributed by atoms with Crippen LogP contribution in [0.25, 0.3) is 21.8 Å². The van der Waals surface area contributed by atoms with E-state index in [2.05, 4.69) is 15.1 Å². The van der Waals surface area contributed by atoms with Crippen LogP contribution in [0, 0.1) is 0 Å². The topological polar surface area (TPSA) is 67.6 Å². The zero-order valence-corrected chi connectivity index (χ0v) is 10.2. The number of nitrogens with zero attached hydrogens (tertiary/aromatic N) is 3. The summed E-state index contributed by atoms with van der Waals surface area (Å²) in [6.45, 7) is 0. The van der Waals surface area contributed by atoms with Crippen molar-refractivity contribution in [1.82, 2.24) is 9.97 Å². The Hall–Kier alpha value is -2.69. The molecule has 0 unspecified atom stereocenters. The van der Waals surface area contributed by atoms with E-state index in [1.54, 1.807) is 19.4 Å². The molecule has 3 aromatic rings. The van der Waals surface area contributed by atoms with Gasteiger partial charge in [-0.1, -0.05) is 17.3 Å². The fraction of sp³-hybridized carbons (Fsp3) is 0.0714. The minimum Gasteiger partial charge on any atom is -0.496 e. The number of aromatic nitrogens is 2. The highest BCUT2D eigenvalue weighted by molar-refractivity contribution is 6.05. The van der Waals surface area contributed by atoms with Gasteiger partial charge in [-0.25, -0.2) is 4.98 Å². The van der Waals surface area contributed by atoms with E-state index in [9.17, 15) is 0 Å². The zero-order valence-electron chi connectivity index (χ0n) is 10.2. The molecule has 94 valence electrons. The van der Waals surface area contributed by atoms with Gasteiger partial charge >= 0.3 is 0 Å². The minimum atomic E-state index is 0.519. The number of hydrogen-bond donors (Lipinski definition) is 1. The van der Waals surface area contributed by atoms with E-state index in [-0.39, 0.29) is 0 Å². The van der Waals surface area contributed by atoms with Crippen LogP contribution in [-0.2, 0) is 0 Å². The number of pyridine rings is 2. The van der Waals surface area contributed by atoms with E-state index in [4.69, 9.17) is 9.94 Å². The van der Waals surface area contributed by atoms with Crippen molar-refractivity contribution in [3.8, 4) is 5.75 Å². The summed E-state index contributed by atoms with van der Waals surface area (Å²) < 4.78 is 5.35. The van der Waals surface area contributed by atoms with Gasteiger partial charge in [0.1, 0.15) is 11.3 Å². The van der Waals surface area contributed by atoms with Gasteiger partial charge in [0.15, 0.2) is 0 Å². The van der Waals surface area contributed by atoms with Gasteiger partial charge in [-0.3, -0.25) is 4.98 Å². The Labute approximate surface area is 109 Å². The molecule has 0 saturated carbocycles. The predicted octanol–water partition coefficient (Wildman–Crippen LogP) is 2.60. The fourth-order valence-corrected chi connectivity index (χ4v) is 2.11. The molecular formula is C14H11N3O2. The molecule has 0 saturated heterocycles. The van der Waals surface area contributed by atoms with E-state index < -0.39 is 0 Å². The molecule has 19 heavy (non-hydrogen) atoms. The Morgan fingerprint density at radius 3 is 2.95 bits per heavy atom. The van der Waals surface area contributed by atoms with E-state index in [1.807, 2.05) is 24.3 Å². The van der Waals surface area contributed by atoms with Crippen LogP contribution in [0.15, 0.2) is 41.7 Å². The summed E-state index contributed by atoms with van der Waals surface area (Å²) in [6, 6.07) is 9.50. The smallest absolute Gasteiger partial charge is 0.130 e. The first-order chi connectivity index (χ1) is 9.33. The molecule has 3 rings (SSSR count). The Bertz CT molecular complexity index is 784. The number of methoxy groups -OCH3 is 1. The molecule has 5 heteroatoms. The van der Waals surface area contributed by atoms with Crippen molar-refractivity contribution in [1.29, 1.82) is 0 Å². The number of rotatable bonds is 2. The molecule has 0 bridgehead atoms. The van der Waals surface area contributed by atoms with Crippen LogP contribution in [0.5, 0.6) is 5.75 Å². The molecular weight excluding hydrogens is 242 g/mol. The lowest BCUT2D eigenvalue weighted by Gasteiger charge is -2.08. The highest BCUT2D eigenvalue weighted by Crippen LogP contribution is 2.29. The summed E-state index contributed by atoms with van der Waals surface area (Å²) in [6.07, 6.45) is 2.99. The average Bonchev–Trinajstić information content (AvgIpc) is 2.46. The third kappa shape index (κ3) is 1.85. The molecule has 0 amide bonds. The lowest BCUT2D eigenvalue weighted by Crippen LogP contribution is -1.95. The van der Waals surface area contributed by atoms with Crippen molar-refractivity contribution >= 4 is 28.0 Å². The second-order valence-corrected chi connectivity index (χ2v) is 4.03. The fourth-order valence-electron chi connectivity index (χ4n) is 2.11. The summed E-state index contributed by atoms with van der Waals surface area (Å²) in [5, 5.41) is 13.5. The highest BCUT2D eigenvalue weighted by atomic mass is 16.5. The van der Waals surface area contributed by atoms with Crippen molar-refractivity contribution in [2.24, 2.45) is 5.16 Å².